The zero-order valence-electron chi connectivity index (χ0n) is 5.56. The van der Waals surface area contributed by atoms with Crippen LogP contribution in [0, 0.1) is 0 Å². The van der Waals surface area contributed by atoms with Crippen LogP contribution in [0.25, 0.3) is 0 Å². The molecule has 0 aromatic carbocycles. The molecule has 0 aromatic heterocycles. The Labute approximate surface area is 59.4 Å². The van der Waals surface area contributed by atoms with Gasteiger partial charge in [-0.15, -0.1) is 0 Å². The molecule has 0 fully saturated rings. The van der Waals surface area contributed by atoms with Gasteiger partial charge in [-0.05, 0) is 19.4 Å². The monoisotopic (exact) mass is 169 g/mol. The summed E-state index contributed by atoms with van der Waals surface area (Å²) in [4.78, 5) is 16.3. The van der Waals surface area contributed by atoms with Gasteiger partial charge >= 0.3 is 7.82 Å². The van der Waals surface area contributed by atoms with E-state index in [0.29, 0.717) is 13.0 Å². The van der Waals surface area contributed by atoms with Crippen molar-refractivity contribution < 1.29 is 18.9 Å². The molecule has 62 valence electrons. The van der Waals surface area contributed by atoms with Gasteiger partial charge in [0.25, 0.3) is 0 Å². The molecule has 0 saturated heterocycles. The molecule has 5 nitrogen and oxygen atoms in total. The molecular formula is C4H12NO4P. The van der Waals surface area contributed by atoms with E-state index in [1.807, 2.05) is 0 Å². The Hall–Kier alpha value is 0.0700. The first-order valence-corrected chi connectivity index (χ1v) is 4.49. The molecule has 0 amide bonds. The standard InChI is InChI=1S/C4H12NO4P/c5-3-1-2-4-9-10(6,7)8/h1-5H2,(H2,6,7,8). The van der Waals surface area contributed by atoms with E-state index in [9.17, 15) is 4.57 Å². The first kappa shape index (κ1) is 10.1. The average molecular weight is 169 g/mol. The molecule has 0 spiro atoms. The predicted molar refractivity (Wildman–Crippen MR) is 36.3 cm³/mol. The highest BCUT2D eigenvalue weighted by atomic mass is 31.2. The van der Waals surface area contributed by atoms with Crippen molar-refractivity contribution in [3.63, 3.8) is 0 Å². The third kappa shape index (κ3) is 8.07. The van der Waals surface area contributed by atoms with Crippen LogP contribution in [0.2, 0.25) is 0 Å². The average Bonchev–Trinajstić information content (AvgIpc) is 1.78. The number of nitrogens with two attached hydrogens (primary N) is 1. The molecule has 0 aliphatic carbocycles. The zero-order chi connectivity index (χ0) is 8.04. The molecule has 10 heavy (non-hydrogen) atoms. The molecular weight excluding hydrogens is 157 g/mol. The van der Waals surface area contributed by atoms with Gasteiger partial charge in [0, 0.05) is 0 Å². The van der Waals surface area contributed by atoms with Crippen LogP contribution in [0.1, 0.15) is 12.8 Å². The summed E-state index contributed by atoms with van der Waals surface area (Å²) in [7, 11) is -4.25. The minimum Gasteiger partial charge on any atom is -0.330 e. The highest BCUT2D eigenvalue weighted by Gasteiger charge is 2.11. The Kier molecular flexibility index (Phi) is 4.85. The molecule has 0 heterocycles. The molecule has 0 aliphatic rings. The van der Waals surface area contributed by atoms with E-state index >= 15 is 0 Å². The highest BCUT2D eigenvalue weighted by Crippen LogP contribution is 2.35. The Bertz CT molecular complexity index is 122. The van der Waals surface area contributed by atoms with Crippen LogP contribution in [0.15, 0.2) is 0 Å². The van der Waals surface area contributed by atoms with Crippen molar-refractivity contribution in [3.8, 4) is 0 Å². The van der Waals surface area contributed by atoms with Crippen LogP contribution in [0.3, 0.4) is 0 Å². The van der Waals surface area contributed by atoms with Crippen molar-refractivity contribution in [2.24, 2.45) is 5.73 Å². The summed E-state index contributed by atoms with van der Waals surface area (Å²) in [6.07, 6.45) is 1.31. The largest absolute Gasteiger partial charge is 0.469 e. The fourth-order valence-electron chi connectivity index (χ4n) is 0.430. The number of hydrogen-bond acceptors (Lipinski definition) is 3. The van der Waals surface area contributed by atoms with Crippen molar-refractivity contribution in [2.45, 2.75) is 12.8 Å². The van der Waals surface area contributed by atoms with Gasteiger partial charge in [0.05, 0.1) is 6.61 Å². The van der Waals surface area contributed by atoms with Crippen LogP contribution in [-0.4, -0.2) is 22.9 Å². The molecule has 0 atom stereocenters. The van der Waals surface area contributed by atoms with Crippen LogP contribution in [0.4, 0.5) is 0 Å². The summed E-state index contributed by atoms with van der Waals surface area (Å²) in [6, 6.07) is 0. The summed E-state index contributed by atoms with van der Waals surface area (Å²) in [5, 5.41) is 0. The molecule has 0 aliphatic heterocycles. The van der Waals surface area contributed by atoms with Gasteiger partial charge in [-0.1, -0.05) is 0 Å². The number of phosphoric ester groups is 1. The zero-order valence-corrected chi connectivity index (χ0v) is 6.46. The smallest absolute Gasteiger partial charge is 0.330 e. The molecule has 4 N–H and O–H groups in total. The quantitative estimate of drug-likeness (QED) is 0.392. The number of rotatable bonds is 5. The molecule has 0 bridgehead atoms. The summed E-state index contributed by atoms with van der Waals surface area (Å²) in [6.45, 7) is 0.589. The summed E-state index contributed by atoms with van der Waals surface area (Å²) in [5.41, 5.74) is 5.13. The minimum atomic E-state index is -4.25. The summed E-state index contributed by atoms with van der Waals surface area (Å²) in [5.74, 6) is 0. The van der Waals surface area contributed by atoms with Gasteiger partial charge in [-0.25, -0.2) is 4.57 Å². The second-order valence-electron chi connectivity index (χ2n) is 1.82. The predicted octanol–water partition coefficient (Wildman–Crippen LogP) is -0.165. The molecule has 0 rings (SSSR count). The fraction of sp³-hybridized carbons (Fsp3) is 1.00. The normalized spacial score (nSPS) is 11.9. The van der Waals surface area contributed by atoms with Gasteiger partial charge in [-0.3, -0.25) is 4.52 Å². The van der Waals surface area contributed by atoms with E-state index in [1.165, 1.54) is 0 Å². The first-order valence-electron chi connectivity index (χ1n) is 2.96. The lowest BCUT2D eigenvalue weighted by molar-refractivity contribution is 0.194. The maximum absolute atomic E-state index is 10.0. The van der Waals surface area contributed by atoms with Crippen molar-refractivity contribution in [1.29, 1.82) is 0 Å². The van der Waals surface area contributed by atoms with Crippen LogP contribution in [0.5, 0.6) is 0 Å². The Morgan fingerprint density at radius 1 is 1.40 bits per heavy atom. The second kappa shape index (κ2) is 4.82. The molecule has 6 heteroatoms. The van der Waals surface area contributed by atoms with Crippen LogP contribution >= 0.6 is 7.82 Å². The lowest BCUT2D eigenvalue weighted by atomic mass is 10.3. The molecule has 0 radical (unpaired) electrons. The Morgan fingerprint density at radius 3 is 2.40 bits per heavy atom. The number of phosphoric acid groups is 1. The van der Waals surface area contributed by atoms with E-state index in [-0.39, 0.29) is 6.61 Å². The van der Waals surface area contributed by atoms with E-state index in [4.69, 9.17) is 15.5 Å². The van der Waals surface area contributed by atoms with Crippen molar-refractivity contribution in [1.82, 2.24) is 0 Å². The Morgan fingerprint density at radius 2 is 2.00 bits per heavy atom. The Balaban J connectivity index is 3.13. The van der Waals surface area contributed by atoms with Gasteiger partial charge in [0.2, 0.25) is 0 Å². The van der Waals surface area contributed by atoms with Crippen LogP contribution in [-0.2, 0) is 9.09 Å². The second-order valence-corrected chi connectivity index (χ2v) is 3.06. The molecule has 0 aromatic rings. The SMILES string of the molecule is NCCCCOP(=O)(O)O. The first-order chi connectivity index (χ1) is 4.56. The maximum atomic E-state index is 10.0. The van der Waals surface area contributed by atoms with Gasteiger partial charge in [0.15, 0.2) is 0 Å². The highest BCUT2D eigenvalue weighted by molar-refractivity contribution is 7.46. The molecule has 0 saturated carbocycles. The van der Waals surface area contributed by atoms with E-state index < -0.39 is 7.82 Å². The third-order valence-corrected chi connectivity index (χ3v) is 1.38. The van der Waals surface area contributed by atoms with Crippen LogP contribution < -0.4 is 5.73 Å². The summed E-state index contributed by atoms with van der Waals surface area (Å²) >= 11 is 0. The topological polar surface area (TPSA) is 92.8 Å². The van der Waals surface area contributed by atoms with Gasteiger partial charge in [-0.2, -0.15) is 0 Å². The van der Waals surface area contributed by atoms with E-state index in [0.717, 1.165) is 6.42 Å². The van der Waals surface area contributed by atoms with Gasteiger partial charge in [0.1, 0.15) is 0 Å². The van der Waals surface area contributed by atoms with Crippen molar-refractivity contribution in [2.75, 3.05) is 13.2 Å². The molecule has 0 unspecified atom stereocenters. The number of unbranched alkanes of at least 4 members (excludes halogenated alkanes) is 1. The maximum Gasteiger partial charge on any atom is 0.469 e. The lowest BCUT2D eigenvalue weighted by Gasteiger charge is -2.02. The number of hydrogen-bond donors (Lipinski definition) is 3. The lowest BCUT2D eigenvalue weighted by Crippen LogP contribution is -2.00. The summed E-state index contributed by atoms with van der Waals surface area (Å²) < 4.78 is 14.2. The van der Waals surface area contributed by atoms with E-state index in [2.05, 4.69) is 4.52 Å². The van der Waals surface area contributed by atoms with Gasteiger partial charge < -0.3 is 15.5 Å². The fourth-order valence-corrected chi connectivity index (χ4v) is 0.797. The third-order valence-electron chi connectivity index (χ3n) is 0.858. The van der Waals surface area contributed by atoms with E-state index in [1.54, 1.807) is 0 Å². The van der Waals surface area contributed by atoms with Crippen molar-refractivity contribution in [3.05, 3.63) is 0 Å². The minimum absolute atomic E-state index is 0.0709. The van der Waals surface area contributed by atoms with Crippen molar-refractivity contribution >= 4 is 7.82 Å².